The van der Waals surface area contributed by atoms with Crippen LogP contribution in [0.1, 0.15) is 16.1 Å². The van der Waals surface area contributed by atoms with E-state index in [9.17, 15) is 4.79 Å². The Balaban J connectivity index is 2.88. The SMILES string of the molecule is COc1ccc(OC)c2c(C)cc(C(N)=O)nc12. The van der Waals surface area contributed by atoms with E-state index in [2.05, 4.69) is 4.98 Å². The summed E-state index contributed by atoms with van der Waals surface area (Å²) in [6, 6.07) is 5.20. The summed E-state index contributed by atoms with van der Waals surface area (Å²) in [5.74, 6) is 0.702. The van der Waals surface area contributed by atoms with Crippen molar-refractivity contribution >= 4 is 16.8 Å². The van der Waals surface area contributed by atoms with Crippen LogP contribution in [0, 0.1) is 6.92 Å². The van der Waals surface area contributed by atoms with Gasteiger partial charge in [0.15, 0.2) is 0 Å². The predicted octanol–water partition coefficient (Wildman–Crippen LogP) is 1.66. The van der Waals surface area contributed by atoms with Crippen LogP contribution in [0.4, 0.5) is 0 Å². The number of ether oxygens (including phenoxy) is 2. The van der Waals surface area contributed by atoms with E-state index in [1.165, 1.54) is 0 Å². The fourth-order valence-corrected chi connectivity index (χ4v) is 1.94. The van der Waals surface area contributed by atoms with Gasteiger partial charge in [-0.25, -0.2) is 4.98 Å². The number of rotatable bonds is 3. The highest BCUT2D eigenvalue weighted by Gasteiger charge is 2.14. The van der Waals surface area contributed by atoms with Crippen molar-refractivity contribution in [3.8, 4) is 11.5 Å². The van der Waals surface area contributed by atoms with Crippen molar-refractivity contribution in [3.63, 3.8) is 0 Å². The molecule has 0 unspecified atom stereocenters. The minimum Gasteiger partial charge on any atom is -0.496 e. The van der Waals surface area contributed by atoms with Crippen molar-refractivity contribution in [3.05, 3.63) is 29.5 Å². The summed E-state index contributed by atoms with van der Waals surface area (Å²) < 4.78 is 10.5. The van der Waals surface area contributed by atoms with Crippen LogP contribution in [0.3, 0.4) is 0 Å². The number of pyridine rings is 1. The number of nitrogens with zero attached hydrogens (tertiary/aromatic N) is 1. The lowest BCUT2D eigenvalue weighted by atomic mass is 10.1. The Bertz CT molecular complexity index is 623. The quantitative estimate of drug-likeness (QED) is 0.893. The Morgan fingerprint density at radius 2 is 1.83 bits per heavy atom. The van der Waals surface area contributed by atoms with Crippen molar-refractivity contribution in [1.82, 2.24) is 4.98 Å². The van der Waals surface area contributed by atoms with Crippen LogP contribution >= 0.6 is 0 Å². The van der Waals surface area contributed by atoms with E-state index in [0.717, 1.165) is 10.9 Å². The monoisotopic (exact) mass is 246 g/mol. The number of carbonyl (C=O) groups excluding carboxylic acids is 1. The van der Waals surface area contributed by atoms with Gasteiger partial charge in [-0.2, -0.15) is 0 Å². The summed E-state index contributed by atoms with van der Waals surface area (Å²) in [6.45, 7) is 1.87. The second kappa shape index (κ2) is 4.52. The molecule has 1 aromatic heterocycles. The van der Waals surface area contributed by atoms with Crippen LogP contribution < -0.4 is 15.2 Å². The smallest absolute Gasteiger partial charge is 0.267 e. The zero-order valence-electron chi connectivity index (χ0n) is 10.5. The van der Waals surface area contributed by atoms with Crippen LogP contribution in [0.15, 0.2) is 18.2 Å². The molecule has 1 aromatic carbocycles. The standard InChI is InChI=1S/C13H14N2O3/c1-7-6-8(13(14)16)15-12-10(18-3)5-4-9(17-2)11(7)12/h4-6H,1-3H3,(H2,14,16). The molecule has 1 heterocycles. The van der Waals surface area contributed by atoms with Crippen molar-refractivity contribution in [2.75, 3.05) is 14.2 Å². The first kappa shape index (κ1) is 12.2. The third-order valence-electron chi connectivity index (χ3n) is 2.77. The molecule has 0 aliphatic rings. The maximum Gasteiger partial charge on any atom is 0.267 e. The van der Waals surface area contributed by atoms with Crippen LogP contribution in [-0.2, 0) is 0 Å². The Morgan fingerprint density at radius 3 is 2.39 bits per heavy atom. The lowest BCUT2D eigenvalue weighted by molar-refractivity contribution is 0.0996. The van der Waals surface area contributed by atoms with Crippen molar-refractivity contribution < 1.29 is 14.3 Å². The van der Waals surface area contributed by atoms with Crippen molar-refractivity contribution in [1.29, 1.82) is 0 Å². The molecule has 0 bridgehead atoms. The average Bonchev–Trinajstić information content (AvgIpc) is 2.37. The lowest BCUT2D eigenvalue weighted by Crippen LogP contribution is -2.13. The number of methoxy groups -OCH3 is 2. The number of aryl methyl sites for hydroxylation is 1. The maximum absolute atomic E-state index is 11.2. The second-order valence-corrected chi connectivity index (χ2v) is 3.88. The highest BCUT2D eigenvalue weighted by molar-refractivity contribution is 5.98. The van der Waals surface area contributed by atoms with E-state index in [1.807, 2.05) is 6.92 Å². The molecular formula is C13H14N2O3. The van der Waals surface area contributed by atoms with Gasteiger partial charge in [0.2, 0.25) is 0 Å². The second-order valence-electron chi connectivity index (χ2n) is 3.88. The van der Waals surface area contributed by atoms with Crippen molar-refractivity contribution in [2.45, 2.75) is 6.92 Å². The number of amides is 1. The molecule has 2 rings (SSSR count). The first-order chi connectivity index (χ1) is 8.58. The number of fused-ring (bicyclic) bond motifs is 1. The molecule has 0 saturated carbocycles. The maximum atomic E-state index is 11.2. The van der Waals surface area contributed by atoms with Gasteiger partial charge in [0.25, 0.3) is 5.91 Å². The molecule has 0 fully saturated rings. The minimum absolute atomic E-state index is 0.214. The van der Waals surface area contributed by atoms with E-state index in [0.29, 0.717) is 17.0 Å². The van der Waals surface area contributed by atoms with E-state index >= 15 is 0 Å². The van der Waals surface area contributed by atoms with E-state index in [-0.39, 0.29) is 5.69 Å². The molecule has 0 aliphatic heterocycles. The molecule has 0 aliphatic carbocycles. The van der Waals surface area contributed by atoms with Crippen LogP contribution in [0.5, 0.6) is 11.5 Å². The number of hydrogen-bond acceptors (Lipinski definition) is 4. The molecule has 0 radical (unpaired) electrons. The number of primary amides is 1. The van der Waals surface area contributed by atoms with Gasteiger partial charge in [0.05, 0.1) is 14.2 Å². The number of benzene rings is 1. The lowest BCUT2D eigenvalue weighted by Gasteiger charge is -2.12. The largest absolute Gasteiger partial charge is 0.496 e. The molecule has 18 heavy (non-hydrogen) atoms. The fourth-order valence-electron chi connectivity index (χ4n) is 1.94. The first-order valence-corrected chi connectivity index (χ1v) is 5.40. The van der Waals surface area contributed by atoms with Gasteiger partial charge in [0.1, 0.15) is 22.7 Å². The van der Waals surface area contributed by atoms with Crippen molar-refractivity contribution in [2.24, 2.45) is 5.73 Å². The summed E-state index contributed by atoms with van der Waals surface area (Å²) in [4.78, 5) is 15.5. The highest BCUT2D eigenvalue weighted by Crippen LogP contribution is 2.34. The summed E-state index contributed by atoms with van der Waals surface area (Å²) in [5.41, 5.74) is 6.92. The Morgan fingerprint density at radius 1 is 1.22 bits per heavy atom. The number of hydrogen-bond donors (Lipinski definition) is 1. The molecule has 0 saturated heterocycles. The zero-order chi connectivity index (χ0) is 13.3. The molecule has 1 amide bonds. The number of carbonyl (C=O) groups is 1. The summed E-state index contributed by atoms with van der Waals surface area (Å²) in [7, 11) is 3.14. The van der Waals surface area contributed by atoms with Crippen LogP contribution in [-0.4, -0.2) is 25.1 Å². The van der Waals surface area contributed by atoms with E-state index in [1.54, 1.807) is 32.4 Å². The normalized spacial score (nSPS) is 10.4. The van der Waals surface area contributed by atoms with Crippen LogP contribution in [0.2, 0.25) is 0 Å². The molecule has 0 atom stereocenters. The molecule has 5 heteroatoms. The summed E-state index contributed by atoms with van der Waals surface area (Å²) >= 11 is 0. The fraction of sp³-hybridized carbons (Fsp3) is 0.231. The van der Waals surface area contributed by atoms with Gasteiger partial charge >= 0.3 is 0 Å². The molecule has 5 nitrogen and oxygen atoms in total. The predicted molar refractivity (Wildman–Crippen MR) is 68.1 cm³/mol. The highest BCUT2D eigenvalue weighted by atomic mass is 16.5. The van der Waals surface area contributed by atoms with E-state index in [4.69, 9.17) is 15.2 Å². The third-order valence-corrected chi connectivity index (χ3v) is 2.77. The Hall–Kier alpha value is -2.30. The molecule has 0 spiro atoms. The molecule has 2 N–H and O–H groups in total. The van der Waals surface area contributed by atoms with Gasteiger partial charge in [-0.1, -0.05) is 0 Å². The Kier molecular flexibility index (Phi) is 3.06. The third kappa shape index (κ3) is 1.84. The number of nitrogens with two attached hydrogens (primary N) is 1. The minimum atomic E-state index is -0.565. The summed E-state index contributed by atoms with van der Waals surface area (Å²) in [5, 5.41) is 0.821. The Labute approximate surface area is 105 Å². The van der Waals surface area contributed by atoms with Gasteiger partial charge in [-0.3, -0.25) is 4.79 Å². The molecule has 94 valence electrons. The molecule has 2 aromatic rings. The number of aromatic nitrogens is 1. The first-order valence-electron chi connectivity index (χ1n) is 5.40. The zero-order valence-corrected chi connectivity index (χ0v) is 10.5. The average molecular weight is 246 g/mol. The van der Waals surface area contributed by atoms with Gasteiger partial charge in [-0.15, -0.1) is 0 Å². The van der Waals surface area contributed by atoms with Gasteiger partial charge in [-0.05, 0) is 30.7 Å². The van der Waals surface area contributed by atoms with Crippen LogP contribution in [0.25, 0.3) is 10.9 Å². The topological polar surface area (TPSA) is 74.4 Å². The van der Waals surface area contributed by atoms with Gasteiger partial charge in [0, 0.05) is 5.39 Å². The van der Waals surface area contributed by atoms with Gasteiger partial charge < -0.3 is 15.2 Å². The summed E-state index contributed by atoms with van der Waals surface area (Å²) in [6.07, 6.45) is 0. The van der Waals surface area contributed by atoms with E-state index < -0.39 is 5.91 Å². The molecular weight excluding hydrogens is 232 g/mol.